The first-order chi connectivity index (χ1) is 14.4. The van der Waals surface area contributed by atoms with Gasteiger partial charge in [-0.15, -0.1) is 0 Å². The smallest absolute Gasteiger partial charge is 0.323 e. The number of allylic oxidation sites excluding steroid dienone is 2. The molecule has 0 aliphatic heterocycles. The van der Waals surface area contributed by atoms with Gasteiger partial charge in [0, 0.05) is 22.9 Å². The highest BCUT2D eigenvalue weighted by Gasteiger charge is 2.42. The van der Waals surface area contributed by atoms with E-state index in [-0.39, 0.29) is 39.7 Å². The fourth-order valence-electron chi connectivity index (χ4n) is 4.29. The van der Waals surface area contributed by atoms with Gasteiger partial charge in [0.25, 0.3) is 0 Å². The quantitative estimate of drug-likeness (QED) is 0.662. The number of benzene rings is 2. The van der Waals surface area contributed by atoms with E-state index in [1.807, 2.05) is 0 Å². The lowest BCUT2D eigenvalue weighted by Gasteiger charge is -2.27. The van der Waals surface area contributed by atoms with Crippen LogP contribution in [0.3, 0.4) is 0 Å². The number of para-hydroxylation sites is 1. The molecule has 0 unspecified atom stereocenters. The molecule has 30 heavy (non-hydrogen) atoms. The summed E-state index contributed by atoms with van der Waals surface area (Å²) in [6.45, 7) is -0.629. The molecule has 1 aromatic heterocycles. The maximum Gasteiger partial charge on any atom is 0.323 e. The summed E-state index contributed by atoms with van der Waals surface area (Å²) >= 11 is 0. The Morgan fingerprint density at radius 1 is 0.900 bits per heavy atom. The normalized spacial score (nSPS) is 15.1. The SMILES string of the molecule is O=C(O)Cn1c2c(c(=O)c3ccccc31)C(=O)C1=C(C(=O)c3ccccc3C1)C2=O. The first-order valence-electron chi connectivity index (χ1n) is 9.22. The zero-order valence-corrected chi connectivity index (χ0v) is 15.5. The Hall–Kier alpha value is -4.13. The van der Waals surface area contributed by atoms with Crippen LogP contribution in [0.1, 0.15) is 36.8 Å². The van der Waals surface area contributed by atoms with Gasteiger partial charge in [-0.2, -0.15) is 0 Å². The number of aromatic nitrogens is 1. The summed E-state index contributed by atoms with van der Waals surface area (Å²) in [5.74, 6) is -3.31. The minimum Gasteiger partial charge on any atom is -0.480 e. The lowest BCUT2D eigenvalue weighted by atomic mass is 9.75. The second-order valence-electron chi connectivity index (χ2n) is 7.22. The van der Waals surface area contributed by atoms with Crippen molar-refractivity contribution < 1.29 is 24.3 Å². The number of hydrogen-bond acceptors (Lipinski definition) is 5. The number of pyridine rings is 1. The molecule has 5 rings (SSSR count). The Labute approximate surface area is 168 Å². The standard InChI is InChI=1S/C23H13NO6/c25-16(26)10-24-15-8-4-3-7-13(15)21(28)18-19(24)23(30)17-14(22(18)29)9-11-5-1-2-6-12(11)20(17)27/h1-8H,9-10H2,(H,25,26). The van der Waals surface area contributed by atoms with E-state index in [9.17, 15) is 29.1 Å². The molecule has 0 saturated heterocycles. The number of Topliss-reactive ketones (excluding diaryl/α,β-unsaturated/α-hetero) is 3. The molecule has 0 spiro atoms. The first kappa shape index (κ1) is 17.9. The number of aliphatic carboxylic acids is 1. The lowest BCUT2D eigenvalue weighted by molar-refractivity contribution is -0.137. The van der Waals surface area contributed by atoms with Gasteiger partial charge in [0.05, 0.1) is 16.7 Å². The molecule has 1 N–H and O–H groups in total. The van der Waals surface area contributed by atoms with Crippen LogP contribution in [0.15, 0.2) is 64.5 Å². The average molecular weight is 399 g/mol. The van der Waals surface area contributed by atoms with Gasteiger partial charge in [0.15, 0.2) is 11.6 Å². The number of ketones is 3. The Kier molecular flexibility index (Phi) is 3.70. The van der Waals surface area contributed by atoms with Gasteiger partial charge in [-0.1, -0.05) is 36.4 Å². The largest absolute Gasteiger partial charge is 0.480 e. The second kappa shape index (κ2) is 6.18. The number of carbonyl (C=O) groups excluding carboxylic acids is 3. The van der Waals surface area contributed by atoms with Gasteiger partial charge >= 0.3 is 5.97 Å². The first-order valence-corrected chi connectivity index (χ1v) is 9.22. The number of carboxylic acid groups (broad SMARTS) is 1. The van der Waals surface area contributed by atoms with E-state index in [0.29, 0.717) is 11.1 Å². The monoisotopic (exact) mass is 399 g/mol. The molecule has 7 nitrogen and oxygen atoms in total. The molecule has 3 aromatic rings. The van der Waals surface area contributed by atoms with Crippen LogP contribution >= 0.6 is 0 Å². The van der Waals surface area contributed by atoms with Crippen LogP contribution in [0.2, 0.25) is 0 Å². The second-order valence-corrected chi connectivity index (χ2v) is 7.22. The zero-order valence-electron chi connectivity index (χ0n) is 15.5. The van der Waals surface area contributed by atoms with E-state index < -0.39 is 35.3 Å². The van der Waals surface area contributed by atoms with Crippen molar-refractivity contribution in [3.05, 3.63) is 92.3 Å². The van der Waals surface area contributed by atoms with Gasteiger partial charge in [-0.25, -0.2) is 0 Å². The van der Waals surface area contributed by atoms with Gasteiger partial charge in [0.2, 0.25) is 11.2 Å². The van der Waals surface area contributed by atoms with E-state index in [2.05, 4.69) is 0 Å². The van der Waals surface area contributed by atoms with Crippen molar-refractivity contribution in [3.8, 4) is 0 Å². The molecule has 2 aliphatic carbocycles. The fourth-order valence-corrected chi connectivity index (χ4v) is 4.29. The number of carbonyl (C=O) groups is 4. The van der Waals surface area contributed by atoms with Crippen molar-refractivity contribution in [1.29, 1.82) is 0 Å². The molecule has 2 aliphatic rings. The summed E-state index contributed by atoms with van der Waals surface area (Å²) in [6.07, 6.45) is 0.0620. The number of carboxylic acids is 1. The highest BCUT2D eigenvalue weighted by Crippen LogP contribution is 2.35. The molecule has 2 aromatic carbocycles. The van der Waals surface area contributed by atoms with Crippen molar-refractivity contribution in [2.24, 2.45) is 0 Å². The Morgan fingerprint density at radius 3 is 2.37 bits per heavy atom. The number of hydrogen-bond donors (Lipinski definition) is 1. The number of fused-ring (bicyclic) bond motifs is 3. The van der Waals surface area contributed by atoms with E-state index in [1.165, 1.54) is 12.1 Å². The summed E-state index contributed by atoms with van der Waals surface area (Å²) in [5, 5.41) is 9.53. The molecular weight excluding hydrogens is 386 g/mol. The summed E-state index contributed by atoms with van der Waals surface area (Å²) in [5.41, 5.74) is -0.476. The molecule has 0 saturated carbocycles. The third-order valence-electron chi connectivity index (χ3n) is 5.57. The molecule has 0 amide bonds. The van der Waals surface area contributed by atoms with Crippen LogP contribution < -0.4 is 5.43 Å². The minimum atomic E-state index is -1.24. The predicted octanol–water partition coefficient (Wildman–Crippen LogP) is 2.20. The van der Waals surface area contributed by atoms with Crippen LogP contribution in [0, 0.1) is 0 Å². The molecule has 0 radical (unpaired) electrons. The van der Waals surface area contributed by atoms with E-state index >= 15 is 0 Å². The van der Waals surface area contributed by atoms with Crippen LogP contribution in [0.25, 0.3) is 10.9 Å². The third kappa shape index (κ3) is 2.29. The topological polar surface area (TPSA) is 111 Å². The predicted molar refractivity (Wildman–Crippen MR) is 106 cm³/mol. The maximum absolute atomic E-state index is 13.4. The molecule has 146 valence electrons. The van der Waals surface area contributed by atoms with Gasteiger partial charge < -0.3 is 9.67 Å². The number of nitrogens with zero attached hydrogens (tertiary/aromatic N) is 1. The Morgan fingerprint density at radius 2 is 1.60 bits per heavy atom. The molecule has 0 bridgehead atoms. The van der Waals surface area contributed by atoms with Gasteiger partial charge in [0.1, 0.15) is 12.2 Å². The minimum absolute atomic E-state index is 0.00884. The fraction of sp³-hybridized carbons (Fsp3) is 0.0870. The van der Waals surface area contributed by atoms with E-state index in [0.717, 1.165) is 4.57 Å². The van der Waals surface area contributed by atoms with Gasteiger partial charge in [-0.05, 0) is 17.7 Å². The summed E-state index contributed by atoms with van der Waals surface area (Å²) in [4.78, 5) is 64.5. The summed E-state index contributed by atoms with van der Waals surface area (Å²) in [6, 6.07) is 12.9. The van der Waals surface area contributed by atoms with Crippen LogP contribution in [0.5, 0.6) is 0 Å². The number of rotatable bonds is 2. The van der Waals surface area contributed by atoms with E-state index in [1.54, 1.807) is 36.4 Å². The van der Waals surface area contributed by atoms with Crippen molar-refractivity contribution in [2.75, 3.05) is 0 Å². The average Bonchev–Trinajstić information content (AvgIpc) is 2.73. The maximum atomic E-state index is 13.4. The van der Waals surface area contributed by atoms with Crippen molar-refractivity contribution in [1.82, 2.24) is 4.57 Å². The molecular formula is C23H13NO6. The van der Waals surface area contributed by atoms with E-state index in [4.69, 9.17) is 0 Å². The molecule has 1 heterocycles. The Balaban J connectivity index is 1.86. The van der Waals surface area contributed by atoms with Gasteiger partial charge in [-0.3, -0.25) is 24.0 Å². The molecule has 7 heteroatoms. The van der Waals surface area contributed by atoms with Crippen LogP contribution in [-0.2, 0) is 17.8 Å². The summed E-state index contributed by atoms with van der Waals surface area (Å²) in [7, 11) is 0. The third-order valence-corrected chi connectivity index (χ3v) is 5.57. The zero-order chi connectivity index (χ0) is 21.2. The van der Waals surface area contributed by atoms with Crippen LogP contribution in [0.4, 0.5) is 0 Å². The highest BCUT2D eigenvalue weighted by atomic mass is 16.4. The van der Waals surface area contributed by atoms with Crippen LogP contribution in [-0.4, -0.2) is 33.0 Å². The highest BCUT2D eigenvalue weighted by molar-refractivity contribution is 6.40. The van der Waals surface area contributed by atoms with Crippen molar-refractivity contribution in [3.63, 3.8) is 0 Å². The van der Waals surface area contributed by atoms with Crippen molar-refractivity contribution in [2.45, 2.75) is 13.0 Å². The lowest BCUT2D eigenvalue weighted by Crippen LogP contribution is -2.38. The molecule has 0 fully saturated rings. The molecule has 0 atom stereocenters. The Bertz CT molecular complexity index is 1440. The van der Waals surface area contributed by atoms with Crippen molar-refractivity contribution >= 4 is 34.2 Å². The summed E-state index contributed by atoms with van der Waals surface area (Å²) < 4.78 is 1.15.